The Morgan fingerprint density at radius 3 is 2.71 bits per heavy atom. The van der Waals surface area contributed by atoms with Crippen LogP contribution in [0.3, 0.4) is 0 Å². The molecule has 17 heavy (non-hydrogen) atoms. The maximum atomic E-state index is 4.40. The molecule has 0 fully saturated rings. The van der Waals surface area contributed by atoms with E-state index in [1.165, 1.54) is 17.4 Å². The molecule has 90 valence electrons. The van der Waals surface area contributed by atoms with Gasteiger partial charge >= 0.3 is 0 Å². The van der Waals surface area contributed by atoms with Crippen LogP contribution in [0.15, 0.2) is 36.5 Å². The molecule has 0 amide bonds. The second-order valence-electron chi connectivity index (χ2n) is 4.81. The van der Waals surface area contributed by atoms with E-state index in [1.54, 1.807) is 0 Å². The molecule has 0 spiro atoms. The molecule has 0 N–H and O–H groups in total. The third kappa shape index (κ3) is 3.29. The Kier molecular flexibility index (Phi) is 4.16. The highest BCUT2D eigenvalue weighted by molar-refractivity contribution is 9.09. The van der Waals surface area contributed by atoms with Crippen LogP contribution in [-0.2, 0) is 6.42 Å². The summed E-state index contributed by atoms with van der Waals surface area (Å²) in [7, 11) is 0. The summed E-state index contributed by atoms with van der Waals surface area (Å²) >= 11 is 3.63. The van der Waals surface area contributed by atoms with Gasteiger partial charge in [-0.2, -0.15) is 0 Å². The van der Waals surface area contributed by atoms with Crippen molar-refractivity contribution in [2.45, 2.75) is 31.5 Å². The van der Waals surface area contributed by atoms with Crippen LogP contribution < -0.4 is 0 Å². The van der Waals surface area contributed by atoms with E-state index in [4.69, 9.17) is 0 Å². The smallest absolute Gasteiger partial charge is 0.0704 e. The molecule has 1 heterocycles. The first-order valence-corrected chi connectivity index (χ1v) is 7.05. The van der Waals surface area contributed by atoms with E-state index in [-0.39, 0.29) is 0 Å². The third-order valence-corrected chi connectivity index (χ3v) is 3.41. The summed E-state index contributed by atoms with van der Waals surface area (Å²) in [6, 6.07) is 10.5. The highest BCUT2D eigenvalue weighted by atomic mass is 79.9. The highest BCUT2D eigenvalue weighted by Crippen LogP contribution is 2.22. The van der Waals surface area contributed by atoms with E-state index >= 15 is 0 Å². The lowest BCUT2D eigenvalue weighted by Crippen LogP contribution is -2.05. The number of alkyl halides is 1. The van der Waals surface area contributed by atoms with Crippen LogP contribution in [0.1, 0.15) is 25.8 Å². The predicted molar refractivity (Wildman–Crippen MR) is 77.6 cm³/mol. The van der Waals surface area contributed by atoms with Crippen molar-refractivity contribution in [3.63, 3.8) is 0 Å². The summed E-state index contributed by atoms with van der Waals surface area (Å²) in [5.41, 5.74) is 2.51. The minimum Gasteiger partial charge on any atom is -0.256 e. The van der Waals surface area contributed by atoms with Crippen LogP contribution >= 0.6 is 15.9 Å². The Labute approximate surface area is 111 Å². The number of nitrogens with zero attached hydrogens (tertiary/aromatic N) is 1. The molecular formula is C15H18BrN. The van der Waals surface area contributed by atoms with Gasteiger partial charge in [0, 0.05) is 16.4 Å². The second-order valence-corrected chi connectivity index (χ2v) is 6.38. The molecule has 0 aliphatic rings. The summed E-state index contributed by atoms with van der Waals surface area (Å²) < 4.78 is 0. The normalized spacial score (nSPS) is 14.8. The molecule has 2 aromatic rings. The monoisotopic (exact) mass is 291 g/mol. The van der Waals surface area contributed by atoms with Crippen molar-refractivity contribution in [1.82, 2.24) is 4.98 Å². The molecule has 1 aromatic carbocycles. The molecule has 0 saturated heterocycles. The van der Waals surface area contributed by atoms with Crippen LogP contribution in [0, 0.1) is 5.92 Å². The number of benzene rings is 1. The fraction of sp³-hybridized carbons (Fsp3) is 0.400. The number of rotatable bonds is 4. The predicted octanol–water partition coefficient (Wildman–Crippen LogP) is 4.59. The number of halogens is 1. The van der Waals surface area contributed by atoms with E-state index in [2.05, 4.69) is 59.0 Å². The Bertz CT molecular complexity index is 488. The lowest BCUT2D eigenvalue weighted by Gasteiger charge is -2.14. The number of hydrogen-bond acceptors (Lipinski definition) is 1. The Balaban J connectivity index is 2.24. The zero-order valence-electron chi connectivity index (χ0n) is 10.4. The molecule has 2 atom stereocenters. The van der Waals surface area contributed by atoms with Gasteiger partial charge in [-0.1, -0.05) is 48.0 Å². The quantitative estimate of drug-likeness (QED) is 0.751. The number of fused-ring (bicyclic) bond motifs is 1. The zero-order chi connectivity index (χ0) is 12.3. The van der Waals surface area contributed by atoms with Crippen molar-refractivity contribution in [2.24, 2.45) is 5.92 Å². The van der Waals surface area contributed by atoms with Crippen molar-refractivity contribution < 1.29 is 0 Å². The van der Waals surface area contributed by atoms with Crippen molar-refractivity contribution in [2.75, 3.05) is 0 Å². The molecule has 1 aromatic heterocycles. The lowest BCUT2D eigenvalue weighted by molar-refractivity contribution is 0.534. The standard InChI is InChI=1S/C15H18BrN/c1-11(9-12(2)16)10-13-7-8-17-15-6-4-3-5-14(13)15/h3-8,11-12H,9-10H2,1-2H3. The minimum atomic E-state index is 0.589. The van der Waals surface area contributed by atoms with Gasteiger partial charge in [0.15, 0.2) is 0 Å². The zero-order valence-corrected chi connectivity index (χ0v) is 11.9. The number of hydrogen-bond donors (Lipinski definition) is 0. The minimum absolute atomic E-state index is 0.589. The van der Waals surface area contributed by atoms with Gasteiger partial charge in [0.05, 0.1) is 5.52 Å². The highest BCUT2D eigenvalue weighted by Gasteiger charge is 2.09. The van der Waals surface area contributed by atoms with Gasteiger partial charge in [-0.25, -0.2) is 0 Å². The van der Waals surface area contributed by atoms with E-state index in [9.17, 15) is 0 Å². The van der Waals surface area contributed by atoms with Crippen LogP contribution in [0.2, 0.25) is 0 Å². The largest absolute Gasteiger partial charge is 0.256 e. The molecule has 2 rings (SSSR count). The number of pyridine rings is 1. The molecule has 0 aliphatic heterocycles. The van der Waals surface area contributed by atoms with E-state index in [1.807, 2.05) is 12.3 Å². The second kappa shape index (κ2) is 5.63. The maximum Gasteiger partial charge on any atom is 0.0704 e. The van der Waals surface area contributed by atoms with Gasteiger partial charge in [-0.05, 0) is 36.5 Å². The molecule has 0 aliphatic carbocycles. The molecule has 1 nitrogen and oxygen atoms in total. The van der Waals surface area contributed by atoms with Crippen molar-refractivity contribution in [3.05, 3.63) is 42.1 Å². The van der Waals surface area contributed by atoms with Crippen molar-refractivity contribution in [1.29, 1.82) is 0 Å². The van der Waals surface area contributed by atoms with Crippen LogP contribution in [0.25, 0.3) is 10.9 Å². The summed E-state index contributed by atoms with van der Waals surface area (Å²) in [6.07, 6.45) is 4.25. The molecule has 2 heteroatoms. The summed E-state index contributed by atoms with van der Waals surface area (Å²) in [5, 5.41) is 1.30. The Hall–Kier alpha value is -0.890. The van der Waals surface area contributed by atoms with Crippen LogP contribution in [0.5, 0.6) is 0 Å². The first-order valence-electron chi connectivity index (χ1n) is 6.13. The molecule has 0 saturated carbocycles. The van der Waals surface area contributed by atoms with Crippen LogP contribution in [-0.4, -0.2) is 9.81 Å². The molecule has 2 unspecified atom stereocenters. The maximum absolute atomic E-state index is 4.40. The number of para-hydroxylation sites is 1. The average Bonchev–Trinajstić information content (AvgIpc) is 2.28. The van der Waals surface area contributed by atoms with E-state index in [0.717, 1.165) is 11.9 Å². The first-order chi connectivity index (χ1) is 8.16. The lowest BCUT2D eigenvalue weighted by atomic mass is 9.95. The topological polar surface area (TPSA) is 12.9 Å². The summed E-state index contributed by atoms with van der Waals surface area (Å²) in [4.78, 5) is 4.99. The van der Waals surface area contributed by atoms with Gasteiger partial charge in [-0.3, -0.25) is 4.98 Å². The van der Waals surface area contributed by atoms with Gasteiger partial charge < -0.3 is 0 Å². The first kappa shape index (κ1) is 12.6. The SMILES string of the molecule is CC(Br)CC(C)Cc1ccnc2ccccc12. The summed E-state index contributed by atoms with van der Waals surface area (Å²) in [5.74, 6) is 0.690. The van der Waals surface area contributed by atoms with Crippen molar-refractivity contribution in [3.8, 4) is 0 Å². The van der Waals surface area contributed by atoms with E-state index in [0.29, 0.717) is 10.7 Å². The van der Waals surface area contributed by atoms with Gasteiger partial charge in [0.25, 0.3) is 0 Å². The van der Waals surface area contributed by atoms with Gasteiger partial charge in [-0.15, -0.1) is 0 Å². The Morgan fingerprint density at radius 1 is 1.18 bits per heavy atom. The average molecular weight is 292 g/mol. The fourth-order valence-electron chi connectivity index (χ4n) is 2.35. The van der Waals surface area contributed by atoms with Crippen molar-refractivity contribution >= 4 is 26.8 Å². The molecule has 0 radical (unpaired) electrons. The Morgan fingerprint density at radius 2 is 1.94 bits per heavy atom. The van der Waals surface area contributed by atoms with E-state index < -0.39 is 0 Å². The molecule has 0 bridgehead atoms. The van der Waals surface area contributed by atoms with Crippen LogP contribution in [0.4, 0.5) is 0 Å². The third-order valence-electron chi connectivity index (χ3n) is 3.03. The van der Waals surface area contributed by atoms with Gasteiger partial charge in [0.2, 0.25) is 0 Å². The van der Waals surface area contributed by atoms with Gasteiger partial charge in [0.1, 0.15) is 0 Å². The summed E-state index contributed by atoms with van der Waals surface area (Å²) in [6.45, 7) is 4.52. The number of aromatic nitrogens is 1. The fourth-order valence-corrected chi connectivity index (χ4v) is 2.98. The molecular weight excluding hydrogens is 274 g/mol.